The fraction of sp³-hybridized carbons (Fsp3) is 0.688. The van der Waals surface area contributed by atoms with E-state index >= 15 is 0 Å². The number of hydrogen-bond acceptors (Lipinski definition) is 2. The molecule has 3 nitrogen and oxygen atoms in total. The molecule has 0 bridgehead atoms. The van der Waals surface area contributed by atoms with E-state index in [2.05, 4.69) is 47.8 Å². The summed E-state index contributed by atoms with van der Waals surface area (Å²) in [6.45, 7) is 10.8. The van der Waals surface area contributed by atoms with Gasteiger partial charge in [-0.25, -0.2) is 0 Å². The zero-order valence-corrected chi connectivity index (χ0v) is 13.7. The maximum atomic E-state index is 4.85. The first-order valence-electron chi connectivity index (χ1n) is 7.76. The van der Waals surface area contributed by atoms with Crippen molar-refractivity contribution in [2.24, 2.45) is 10.9 Å². The Kier molecular flexibility index (Phi) is 5.89. The van der Waals surface area contributed by atoms with Gasteiger partial charge in [0.05, 0.1) is 0 Å². The zero-order valence-electron chi connectivity index (χ0n) is 12.9. The molecule has 1 N–H and O–H groups in total. The van der Waals surface area contributed by atoms with E-state index in [-0.39, 0.29) is 0 Å². The Hall–Kier alpha value is -1.03. The molecule has 112 valence electrons. The molecule has 2 heterocycles. The van der Waals surface area contributed by atoms with Crippen molar-refractivity contribution < 1.29 is 0 Å². The average molecular weight is 293 g/mol. The minimum atomic E-state index is 0.499. The quantitative estimate of drug-likeness (QED) is 0.679. The van der Waals surface area contributed by atoms with Crippen LogP contribution < -0.4 is 5.32 Å². The lowest BCUT2D eigenvalue weighted by atomic mass is 9.99. The molecule has 1 aromatic heterocycles. The first-order chi connectivity index (χ1) is 9.70. The van der Waals surface area contributed by atoms with Crippen LogP contribution in [0.25, 0.3) is 0 Å². The minimum absolute atomic E-state index is 0.499. The minimum Gasteiger partial charge on any atom is -0.357 e. The molecular weight excluding hydrogens is 266 g/mol. The molecule has 0 aromatic carbocycles. The van der Waals surface area contributed by atoms with E-state index in [1.807, 2.05) is 0 Å². The van der Waals surface area contributed by atoms with Gasteiger partial charge in [-0.15, -0.1) is 0 Å². The molecule has 2 rings (SSSR count). The van der Waals surface area contributed by atoms with Crippen LogP contribution in [0, 0.1) is 5.92 Å². The summed E-state index contributed by atoms with van der Waals surface area (Å²) in [5.41, 5.74) is 1.40. The Morgan fingerprint density at radius 3 is 2.85 bits per heavy atom. The summed E-state index contributed by atoms with van der Waals surface area (Å²) in [6.07, 6.45) is 2.56. The fourth-order valence-electron chi connectivity index (χ4n) is 2.53. The molecule has 0 saturated carbocycles. The summed E-state index contributed by atoms with van der Waals surface area (Å²) >= 11 is 1.77. The number of likely N-dealkylation sites (tertiary alicyclic amines) is 1. The number of aliphatic imine (C=N–C) groups is 1. The summed E-state index contributed by atoms with van der Waals surface area (Å²) < 4.78 is 0. The molecule has 1 fully saturated rings. The summed E-state index contributed by atoms with van der Waals surface area (Å²) in [4.78, 5) is 7.27. The zero-order chi connectivity index (χ0) is 14.4. The predicted molar refractivity (Wildman–Crippen MR) is 88.7 cm³/mol. The van der Waals surface area contributed by atoms with Crippen LogP contribution in [0.2, 0.25) is 0 Å². The molecule has 1 saturated heterocycles. The van der Waals surface area contributed by atoms with Crippen LogP contribution in [0.3, 0.4) is 0 Å². The number of hydrogen-bond donors (Lipinski definition) is 1. The van der Waals surface area contributed by atoms with Crippen molar-refractivity contribution in [2.75, 3.05) is 26.2 Å². The van der Waals surface area contributed by atoms with Crippen LogP contribution in [-0.2, 0) is 0 Å². The Morgan fingerprint density at radius 1 is 1.50 bits per heavy atom. The van der Waals surface area contributed by atoms with Gasteiger partial charge in [0, 0.05) is 32.1 Å². The van der Waals surface area contributed by atoms with Crippen molar-refractivity contribution in [2.45, 2.75) is 39.5 Å². The van der Waals surface area contributed by atoms with Crippen molar-refractivity contribution >= 4 is 17.3 Å². The third-order valence-electron chi connectivity index (χ3n) is 4.05. The van der Waals surface area contributed by atoms with E-state index in [0.717, 1.165) is 38.1 Å². The lowest BCUT2D eigenvalue weighted by Crippen LogP contribution is -2.45. The SMILES string of the molecule is CCNC(=NCC(C)c1ccsc1)N1CCC(C)CC1. The van der Waals surface area contributed by atoms with E-state index in [9.17, 15) is 0 Å². The number of rotatable bonds is 4. The number of piperidine rings is 1. The van der Waals surface area contributed by atoms with E-state index in [0.29, 0.717) is 5.92 Å². The normalized spacial score (nSPS) is 19.1. The Morgan fingerprint density at radius 2 is 2.25 bits per heavy atom. The molecule has 1 atom stereocenters. The molecule has 0 spiro atoms. The van der Waals surface area contributed by atoms with Crippen LogP contribution in [0.15, 0.2) is 21.8 Å². The van der Waals surface area contributed by atoms with Gasteiger partial charge in [0.1, 0.15) is 0 Å². The molecule has 20 heavy (non-hydrogen) atoms. The van der Waals surface area contributed by atoms with E-state index < -0.39 is 0 Å². The van der Waals surface area contributed by atoms with E-state index in [1.165, 1.54) is 18.4 Å². The van der Waals surface area contributed by atoms with Crippen molar-refractivity contribution in [1.29, 1.82) is 0 Å². The summed E-state index contributed by atoms with van der Waals surface area (Å²) in [5, 5.41) is 7.82. The van der Waals surface area contributed by atoms with E-state index in [4.69, 9.17) is 4.99 Å². The van der Waals surface area contributed by atoms with Gasteiger partial charge in [0.25, 0.3) is 0 Å². The largest absolute Gasteiger partial charge is 0.357 e. The monoisotopic (exact) mass is 293 g/mol. The van der Waals surface area contributed by atoms with Crippen molar-refractivity contribution in [1.82, 2.24) is 10.2 Å². The van der Waals surface area contributed by atoms with Gasteiger partial charge < -0.3 is 10.2 Å². The van der Waals surface area contributed by atoms with Gasteiger partial charge >= 0.3 is 0 Å². The third-order valence-corrected chi connectivity index (χ3v) is 4.75. The first-order valence-corrected chi connectivity index (χ1v) is 8.70. The molecule has 1 aliphatic heterocycles. The van der Waals surface area contributed by atoms with Gasteiger partial charge in [0.15, 0.2) is 5.96 Å². The lowest BCUT2D eigenvalue weighted by Gasteiger charge is -2.33. The number of nitrogens with zero attached hydrogens (tertiary/aromatic N) is 2. The topological polar surface area (TPSA) is 27.6 Å². The Labute approximate surface area is 127 Å². The van der Waals surface area contributed by atoms with Crippen LogP contribution in [-0.4, -0.2) is 37.0 Å². The third kappa shape index (κ3) is 4.23. The lowest BCUT2D eigenvalue weighted by molar-refractivity contribution is 0.273. The van der Waals surface area contributed by atoms with Gasteiger partial charge in [-0.2, -0.15) is 11.3 Å². The molecular formula is C16H27N3S. The Balaban J connectivity index is 1.95. The average Bonchev–Trinajstić information content (AvgIpc) is 2.98. The van der Waals surface area contributed by atoms with Crippen molar-refractivity contribution in [3.63, 3.8) is 0 Å². The predicted octanol–water partition coefficient (Wildman–Crippen LogP) is 3.55. The molecule has 4 heteroatoms. The van der Waals surface area contributed by atoms with Crippen LogP contribution >= 0.6 is 11.3 Å². The number of guanidine groups is 1. The van der Waals surface area contributed by atoms with Gasteiger partial charge in [-0.05, 0) is 48.1 Å². The maximum Gasteiger partial charge on any atom is 0.193 e. The standard InChI is InChI=1S/C16H27N3S/c1-4-17-16(19-8-5-13(2)6-9-19)18-11-14(3)15-7-10-20-12-15/h7,10,12-14H,4-6,8-9,11H2,1-3H3,(H,17,18). The first kappa shape index (κ1) is 15.4. The van der Waals surface area contributed by atoms with Crippen molar-refractivity contribution in [3.05, 3.63) is 22.4 Å². The summed E-state index contributed by atoms with van der Waals surface area (Å²) in [7, 11) is 0. The van der Waals surface area contributed by atoms with Crippen LogP contribution in [0.4, 0.5) is 0 Å². The molecule has 1 aromatic rings. The highest BCUT2D eigenvalue weighted by molar-refractivity contribution is 7.07. The fourth-order valence-corrected chi connectivity index (χ4v) is 3.31. The summed E-state index contributed by atoms with van der Waals surface area (Å²) in [6, 6.07) is 2.21. The summed E-state index contributed by atoms with van der Waals surface area (Å²) in [5.74, 6) is 2.46. The molecule has 1 aliphatic rings. The maximum absolute atomic E-state index is 4.85. The highest BCUT2D eigenvalue weighted by Gasteiger charge is 2.18. The number of nitrogens with one attached hydrogen (secondary N) is 1. The van der Waals surface area contributed by atoms with Gasteiger partial charge in [0.2, 0.25) is 0 Å². The van der Waals surface area contributed by atoms with Gasteiger partial charge in [-0.1, -0.05) is 13.8 Å². The number of thiophene rings is 1. The van der Waals surface area contributed by atoms with E-state index in [1.54, 1.807) is 11.3 Å². The van der Waals surface area contributed by atoms with Crippen LogP contribution in [0.5, 0.6) is 0 Å². The smallest absolute Gasteiger partial charge is 0.193 e. The highest BCUT2D eigenvalue weighted by atomic mass is 32.1. The Bertz CT molecular complexity index is 405. The van der Waals surface area contributed by atoms with Crippen molar-refractivity contribution in [3.8, 4) is 0 Å². The van der Waals surface area contributed by atoms with Crippen LogP contribution in [0.1, 0.15) is 45.1 Å². The molecule has 0 aliphatic carbocycles. The molecule has 1 unspecified atom stereocenters. The highest BCUT2D eigenvalue weighted by Crippen LogP contribution is 2.19. The van der Waals surface area contributed by atoms with Gasteiger partial charge in [-0.3, -0.25) is 4.99 Å². The second-order valence-corrected chi connectivity index (χ2v) is 6.60. The second kappa shape index (κ2) is 7.67. The molecule has 0 amide bonds. The second-order valence-electron chi connectivity index (χ2n) is 5.82. The molecule has 0 radical (unpaired) electrons.